The van der Waals surface area contributed by atoms with Crippen LogP contribution in [0.2, 0.25) is 0 Å². The summed E-state index contributed by atoms with van der Waals surface area (Å²) in [5.74, 6) is -0.767. The van der Waals surface area contributed by atoms with Crippen molar-refractivity contribution >= 4 is 34.1 Å². The Kier molecular flexibility index (Phi) is 5.59. The number of thiazole rings is 1. The van der Waals surface area contributed by atoms with Crippen molar-refractivity contribution in [2.75, 3.05) is 11.6 Å². The molecule has 0 aliphatic carbocycles. The van der Waals surface area contributed by atoms with Crippen molar-refractivity contribution in [1.82, 2.24) is 4.98 Å². The van der Waals surface area contributed by atoms with Gasteiger partial charge < -0.3 is 4.74 Å². The average Bonchev–Trinajstić information content (AvgIpc) is 3.02. The van der Waals surface area contributed by atoms with Crippen LogP contribution in [0.5, 0.6) is 0 Å². The first kappa shape index (κ1) is 16.8. The van der Waals surface area contributed by atoms with Crippen molar-refractivity contribution < 1.29 is 14.3 Å². The van der Waals surface area contributed by atoms with Crippen LogP contribution < -0.4 is 5.01 Å². The fraction of sp³-hybridized carbons (Fsp3) is 0.250. The molecule has 0 unspecified atom stereocenters. The van der Waals surface area contributed by atoms with Crippen molar-refractivity contribution in [1.29, 1.82) is 0 Å². The molecular formula is C16H17N3O3S. The first-order valence-corrected chi connectivity index (χ1v) is 7.88. The molecule has 0 spiro atoms. The maximum Gasteiger partial charge on any atom is 0.350 e. The van der Waals surface area contributed by atoms with Gasteiger partial charge in [-0.2, -0.15) is 10.1 Å². The van der Waals surface area contributed by atoms with Crippen LogP contribution >= 0.6 is 11.3 Å². The number of esters is 1. The lowest BCUT2D eigenvalue weighted by Gasteiger charge is -2.14. The lowest BCUT2D eigenvalue weighted by Crippen LogP contribution is -2.26. The highest BCUT2D eigenvalue weighted by Gasteiger charge is 2.22. The number of nitrogens with zero attached hydrogens (tertiary/aromatic N) is 3. The second-order valence-electron chi connectivity index (χ2n) is 4.76. The zero-order chi connectivity index (χ0) is 16.8. The number of aromatic nitrogens is 1. The number of hydrazone groups is 1. The molecule has 0 fully saturated rings. The Balaban J connectivity index is 2.35. The van der Waals surface area contributed by atoms with Crippen LogP contribution in [0.4, 0.5) is 5.13 Å². The van der Waals surface area contributed by atoms with E-state index >= 15 is 0 Å². The number of ether oxygens (including phenoxy) is 1. The summed E-state index contributed by atoms with van der Waals surface area (Å²) in [7, 11) is 0. The van der Waals surface area contributed by atoms with Crippen LogP contribution in [-0.4, -0.2) is 29.2 Å². The predicted octanol–water partition coefficient (Wildman–Crippen LogP) is 3.36. The van der Waals surface area contributed by atoms with Gasteiger partial charge >= 0.3 is 5.97 Å². The van der Waals surface area contributed by atoms with Crippen molar-refractivity contribution in [2.45, 2.75) is 20.8 Å². The minimum Gasteiger partial charge on any atom is -0.462 e. The van der Waals surface area contributed by atoms with Gasteiger partial charge in [0.25, 0.3) is 5.91 Å². The minimum absolute atomic E-state index is 0.283. The highest BCUT2D eigenvalue weighted by molar-refractivity contribution is 7.17. The number of anilines is 1. The summed E-state index contributed by atoms with van der Waals surface area (Å²) in [6.45, 7) is 5.58. The van der Waals surface area contributed by atoms with Crippen molar-refractivity contribution in [3.63, 3.8) is 0 Å². The van der Waals surface area contributed by atoms with Crippen LogP contribution in [0.15, 0.2) is 41.6 Å². The van der Waals surface area contributed by atoms with Gasteiger partial charge in [-0.3, -0.25) is 4.79 Å². The molecule has 7 heteroatoms. The third kappa shape index (κ3) is 4.23. The Morgan fingerprint density at radius 1 is 1.26 bits per heavy atom. The van der Waals surface area contributed by atoms with Crippen LogP contribution in [0.3, 0.4) is 0 Å². The summed E-state index contributed by atoms with van der Waals surface area (Å²) < 4.78 is 4.94. The van der Waals surface area contributed by atoms with E-state index in [1.807, 2.05) is 6.07 Å². The molecule has 1 amide bonds. The van der Waals surface area contributed by atoms with Crippen LogP contribution in [-0.2, 0) is 4.74 Å². The van der Waals surface area contributed by atoms with E-state index in [0.717, 1.165) is 11.3 Å². The molecule has 0 aliphatic heterocycles. The molecule has 0 bridgehead atoms. The molecule has 2 aromatic rings. The number of rotatable bonds is 5. The number of amides is 1. The van der Waals surface area contributed by atoms with Gasteiger partial charge in [0.15, 0.2) is 0 Å². The average molecular weight is 331 g/mol. The molecule has 2 rings (SSSR count). The summed E-state index contributed by atoms with van der Waals surface area (Å²) in [6, 6.07) is 8.79. The highest BCUT2D eigenvalue weighted by atomic mass is 32.1. The molecule has 120 valence electrons. The fourth-order valence-electron chi connectivity index (χ4n) is 1.74. The van der Waals surface area contributed by atoms with Crippen molar-refractivity contribution in [3.05, 3.63) is 47.0 Å². The van der Waals surface area contributed by atoms with Crippen molar-refractivity contribution in [2.24, 2.45) is 5.10 Å². The van der Waals surface area contributed by atoms with Crippen molar-refractivity contribution in [3.8, 4) is 0 Å². The summed E-state index contributed by atoms with van der Waals surface area (Å²) in [6.07, 6.45) is 1.39. The van der Waals surface area contributed by atoms with E-state index in [1.165, 1.54) is 11.2 Å². The van der Waals surface area contributed by atoms with E-state index in [4.69, 9.17) is 4.74 Å². The molecule has 0 saturated carbocycles. The monoisotopic (exact) mass is 331 g/mol. The Bertz CT molecular complexity index is 721. The zero-order valence-electron chi connectivity index (χ0n) is 13.1. The molecular weight excluding hydrogens is 314 g/mol. The van der Waals surface area contributed by atoms with Gasteiger partial charge in [0, 0.05) is 11.3 Å². The third-order valence-electron chi connectivity index (χ3n) is 2.66. The van der Waals surface area contributed by atoms with Gasteiger partial charge in [0.05, 0.1) is 12.8 Å². The number of hydrogen-bond donors (Lipinski definition) is 0. The van der Waals surface area contributed by atoms with E-state index in [2.05, 4.69) is 10.1 Å². The Morgan fingerprint density at radius 2 is 1.96 bits per heavy atom. The van der Waals surface area contributed by atoms with E-state index < -0.39 is 5.97 Å². The molecule has 0 radical (unpaired) electrons. The first-order chi connectivity index (χ1) is 11.0. The van der Waals surface area contributed by atoms with Crippen LogP contribution in [0, 0.1) is 0 Å². The Labute approximate surface area is 138 Å². The molecule has 23 heavy (non-hydrogen) atoms. The summed E-state index contributed by atoms with van der Waals surface area (Å²) in [5, 5.41) is 5.77. The Morgan fingerprint density at radius 3 is 2.57 bits per heavy atom. The topological polar surface area (TPSA) is 71.9 Å². The molecule has 6 nitrogen and oxygen atoms in total. The predicted molar refractivity (Wildman–Crippen MR) is 90.1 cm³/mol. The van der Waals surface area contributed by atoms with Gasteiger partial charge in [0.1, 0.15) is 4.88 Å². The number of carbonyl (C=O) groups is 2. The lowest BCUT2D eigenvalue weighted by molar-refractivity contribution is 0.0531. The molecule has 1 aromatic carbocycles. The van der Waals surface area contributed by atoms with Gasteiger partial charge in [-0.25, -0.2) is 9.78 Å². The summed E-state index contributed by atoms with van der Waals surface area (Å²) in [5.41, 5.74) is 1.19. The Hall–Kier alpha value is -2.54. The maximum absolute atomic E-state index is 12.7. The normalized spacial score (nSPS) is 10.0. The van der Waals surface area contributed by atoms with Gasteiger partial charge in [-0.05, 0) is 32.9 Å². The molecule has 0 N–H and O–H groups in total. The number of benzene rings is 1. The van der Waals surface area contributed by atoms with E-state index in [-0.39, 0.29) is 12.5 Å². The zero-order valence-corrected chi connectivity index (χ0v) is 14.0. The minimum atomic E-state index is -0.458. The first-order valence-electron chi connectivity index (χ1n) is 7.07. The van der Waals surface area contributed by atoms with Gasteiger partial charge in [-0.1, -0.05) is 29.5 Å². The maximum atomic E-state index is 12.7. The molecule has 0 aliphatic rings. The smallest absolute Gasteiger partial charge is 0.350 e. The second-order valence-corrected chi connectivity index (χ2v) is 5.77. The lowest BCUT2D eigenvalue weighted by atomic mass is 10.2. The van der Waals surface area contributed by atoms with E-state index in [0.29, 0.717) is 21.3 Å². The quantitative estimate of drug-likeness (QED) is 0.478. The van der Waals surface area contributed by atoms with Crippen LogP contribution in [0.25, 0.3) is 0 Å². The SMILES string of the molecule is CCOC(=O)c1cnc(N(N=C(C)C)C(=O)c2ccccc2)s1. The number of carbonyl (C=O) groups excluding carboxylic acids is 2. The van der Waals surface area contributed by atoms with Crippen LogP contribution in [0.1, 0.15) is 40.8 Å². The third-order valence-corrected chi connectivity index (χ3v) is 3.62. The number of hydrogen-bond acceptors (Lipinski definition) is 6. The van der Waals surface area contributed by atoms with Gasteiger partial charge in [-0.15, -0.1) is 0 Å². The largest absolute Gasteiger partial charge is 0.462 e. The molecule has 0 atom stereocenters. The molecule has 1 aromatic heterocycles. The fourth-order valence-corrected chi connectivity index (χ4v) is 2.50. The summed E-state index contributed by atoms with van der Waals surface area (Å²) >= 11 is 1.07. The highest BCUT2D eigenvalue weighted by Crippen LogP contribution is 2.25. The summed E-state index contributed by atoms with van der Waals surface area (Å²) in [4.78, 5) is 28.9. The molecule has 1 heterocycles. The second kappa shape index (κ2) is 7.64. The van der Waals surface area contributed by atoms with E-state index in [9.17, 15) is 9.59 Å². The van der Waals surface area contributed by atoms with Gasteiger partial charge in [0.2, 0.25) is 5.13 Å². The molecule has 0 saturated heterocycles. The van der Waals surface area contributed by atoms with E-state index in [1.54, 1.807) is 45.0 Å². The standard InChI is InChI=1S/C16H17N3O3S/c1-4-22-15(21)13-10-17-16(23-13)19(18-11(2)3)14(20)12-8-6-5-7-9-12/h5-10H,4H2,1-3H3.